The van der Waals surface area contributed by atoms with Crippen molar-refractivity contribution in [3.8, 4) is 17.0 Å². The van der Waals surface area contributed by atoms with Crippen LogP contribution in [-0.4, -0.2) is 51.8 Å². The van der Waals surface area contributed by atoms with Crippen molar-refractivity contribution in [2.75, 3.05) is 38.2 Å². The molecule has 0 fully saturated rings. The van der Waals surface area contributed by atoms with Crippen molar-refractivity contribution in [1.29, 1.82) is 0 Å². The molecule has 0 aliphatic carbocycles. The molecule has 0 radical (unpaired) electrons. The molecule has 0 saturated heterocycles. The predicted octanol–water partition coefficient (Wildman–Crippen LogP) is 2.12. The van der Waals surface area contributed by atoms with E-state index in [1.54, 1.807) is 0 Å². The van der Waals surface area contributed by atoms with Gasteiger partial charge in [-0.3, -0.25) is 4.72 Å². The maximum absolute atomic E-state index is 11.2. The number of benzene rings is 1. The van der Waals surface area contributed by atoms with Gasteiger partial charge in [0.05, 0.1) is 11.9 Å². The van der Waals surface area contributed by atoms with Crippen LogP contribution in [0, 0.1) is 0 Å². The third-order valence-electron chi connectivity index (χ3n) is 2.74. The molecule has 0 aliphatic heterocycles. The quantitative estimate of drug-likeness (QED) is 0.835. The van der Waals surface area contributed by atoms with E-state index in [1.807, 2.05) is 48.6 Å². The smallest absolute Gasteiger partial charge is 0.231 e. The Morgan fingerprint density at radius 1 is 1.32 bits per heavy atom. The lowest BCUT2D eigenvalue weighted by Gasteiger charge is -2.13. The molecule has 1 N–H and O–H groups in total. The third-order valence-corrected chi connectivity index (χ3v) is 4.19. The van der Waals surface area contributed by atoms with Gasteiger partial charge in [0.2, 0.25) is 10.0 Å². The van der Waals surface area contributed by atoms with E-state index in [2.05, 4.69) is 9.71 Å². The van der Waals surface area contributed by atoms with Crippen LogP contribution in [0.5, 0.6) is 5.75 Å². The summed E-state index contributed by atoms with van der Waals surface area (Å²) in [7, 11) is 0.651. The van der Waals surface area contributed by atoms with E-state index in [0.717, 1.165) is 24.1 Å². The van der Waals surface area contributed by atoms with Gasteiger partial charge in [0.25, 0.3) is 0 Å². The number of sulfonamides is 1. The second-order valence-electron chi connectivity index (χ2n) is 5.06. The van der Waals surface area contributed by atoms with E-state index in [0.29, 0.717) is 17.4 Å². The average molecular weight is 341 g/mol. The van der Waals surface area contributed by atoms with E-state index in [-0.39, 0.29) is 0 Å². The van der Waals surface area contributed by atoms with E-state index >= 15 is 0 Å². The van der Waals surface area contributed by atoms with Crippen molar-refractivity contribution in [1.82, 2.24) is 9.88 Å². The van der Waals surface area contributed by atoms with Crippen molar-refractivity contribution >= 4 is 26.5 Å². The van der Waals surface area contributed by atoms with E-state index < -0.39 is 10.0 Å². The molecule has 1 aromatic carbocycles. The first kappa shape index (κ1) is 16.7. The van der Waals surface area contributed by atoms with Gasteiger partial charge >= 0.3 is 0 Å². The molecule has 0 saturated carbocycles. The molecule has 0 unspecified atom stereocenters. The molecule has 6 nitrogen and oxygen atoms in total. The summed E-state index contributed by atoms with van der Waals surface area (Å²) in [5, 5.41) is 2.15. The van der Waals surface area contributed by atoms with Crippen LogP contribution >= 0.6 is 11.3 Å². The lowest BCUT2D eigenvalue weighted by atomic mass is 10.1. The normalized spacial score (nSPS) is 11.6. The van der Waals surface area contributed by atoms with E-state index in [9.17, 15) is 8.42 Å². The van der Waals surface area contributed by atoms with Gasteiger partial charge in [-0.25, -0.2) is 13.4 Å². The molecular formula is C14H19N3O3S2. The van der Waals surface area contributed by atoms with Crippen LogP contribution in [0.2, 0.25) is 0 Å². The first-order chi connectivity index (χ1) is 10.3. The molecule has 0 spiro atoms. The molecule has 0 atom stereocenters. The summed E-state index contributed by atoms with van der Waals surface area (Å²) in [5.41, 5.74) is 1.54. The summed E-state index contributed by atoms with van der Waals surface area (Å²) in [6, 6.07) is 7.59. The van der Waals surface area contributed by atoms with Gasteiger partial charge in [0, 0.05) is 17.5 Å². The number of hydrogen-bond donors (Lipinski definition) is 1. The Morgan fingerprint density at radius 2 is 2.05 bits per heavy atom. The van der Waals surface area contributed by atoms with Gasteiger partial charge in [-0.05, 0) is 26.2 Å². The molecule has 2 aromatic rings. The fourth-order valence-corrected chi connectivity index (χ4v) is 3.31. The monoisotopic (exact) mass is 341 g/mol. The molecule has 0 aliphatic rings. The van der Waals surface area contributed by atoms with E-state index in [1.165, 1.54) is 11.3 Å². The Morgan fingerprint density at radius 3 is 2.73 bits per heavy atom. The fraction of sp³-hybridized carbons (Fsp3) is 0.357. The van der Waals surface area contributed by atoms with Gasteiger partial charge in [0.1, 0.15) is 12.4 Å². The van der Waals surface area contributed by atoms with Gasteiger partial charge in [0.15, 0.2) is 5.13 Å². The molecule has 0 bridgehead atoms. The van der Waals surface area contributed by atoms with E-state index in [4.69, 9.17) is 4.74 Å². The van der Waals surface area contributed by atoms with Gasteiger partial charge < -0.3 is 9.64 Å². The van der Waals surface area contributed by atoms with Gasteiger partial charge in [-0.2, -0.15) is 0 Å². The predicted molar refractivity (Wildman–Crippen MR) is 90.1 cm³/mol. The lowest BCUT2D eigenvalue weighted by Crippen LogP contribution is -2.19. The highest BCUT2D eigenvalue weighted by Crippen LogP contribution is 2.32. The summed E-state index contributed by atoms with van der Waals surface area (Å²) in [5.74, 6) is 0.737. The number of nitrogens with one attached hydrogen (secondary N) is 1. The standard InChI is InChI=1S/C14H19N3O3S2/c1-17(2)8-9-20-13-7-5-4-6-11(13)12-10-21-14(15-12)16-22(3,18)19/h4-7,10H,8-9H2,1-3H3,(H,15,16). The Balaban J connectivity index is 2.18. The fourth-order valence-electron chi connectivity index (χ4n) is 1.75. The Labute approximate surface area is 134 Å². The summed E-state index contributed by atoms with van der Waals surface area (Å²) in [6.07, 6.45) is 1.10. The summed E-state index contributed by atoms with van der Waals surface area (Å²) in [6.45, 7) is 1.38. The molecule has 2 rings (SSSR count). The third kappa shape index (κ3) is 4.97. The number of hydrogen-bond acceptors (Lipinski definition) is 6. The average Bonchev–Trinajstić information content (AvgIpc) is 2.85. The first-order valence-corrected chi connectivity index (χ1v) is 9.42. The zero-order valence-corrected chi connectivity index (χ0v) is 14.4. The number of rotatable bonds is 7. The maximum Gasteiger partial charge on any atom is 0.231 e. The Hall–Kier alpha value is -1.64. The summed E-state index contributed by atoms with van der Waals surface area (Å²) in [4.78, 5) is 6.35. The largest absolute Gasteiger partial charge is 0.492 e. The number of likely N-dealkylation sites (N-methyl/N-ethyl adjacent to an activating group) is 1. The molecule has 120 valence electrons. The number of nitrogens with zero attached hydrogens (tertiary/aromatic N) is 2. The molecular weight excluding hydrogens is 322 g/mol. The van der Waals surface area contributed by atoms with Crippen LogP contribution < -0.4 is 9.46 Å². The zero-order valence-electron chi connectivity index (χ0n) is 12.7. The van der Waals surface area contributed by atoms with Crippen LogP contribution in [0.1, 0.15) is 0 Å². The topological polar surface area (TPSA) is 71.5 Å². The van der Waals surface area contributed by atoms with Gasteiger partial charge in [-0.15, -0.1) is 11.3 Å². The highest BCUT2D eigenvalue weighted by molar-refractivity contribution is 7.92. The number of ether oxygens (including phenoxy) is 1. The summed E-state index contributed by atoms with van der Waals surface area (Å²) < 4.78 is 30.7. The minimum absolute atomic E-state index is 0.348. The number of thiazole rings is 1. The zero-order chi connectivity index (χ0) is 16.2. The second kappa shape index (κ2) is 7.08. The number of anilines is 1. The van der Waals surface area contributed by atoms with Crippen molar-refractivity contribution in [2.45, 2.75) is 0 Å². The Bertz CT molecular complexity index is 726. The molecule has 1 heterocycles. The van der Waals surface area contributed by atoms with Crippen molar-refractivity contribution < 1.29 is 13.2 Å². The van der Waals surface area contributed by atoms with Crippen LogP contribution in [0.25, 0.3) is 11.3 Å². The van der Waals surface area contributed by atoms with Crippen LogP contribution in [0.15, 0.2) is 29.6 Å². The maximum atomic E-state index is 11.2. The van der Waals surface area contributed by atoms with Crippen molar-refractivity contribution in [3.05, 3.63) is 29.6 Å². The van der Waals surface area contributed by atoms with Crippen molar-refractivity contribution in [3.63, 3.8) is 0 Å². The highest BCUT2D eigenvalue weighted by atomic mass is 32.2. The van der Waals surface area contributed by atoms with Crippen LogP contribution in [0.4, 0.5) is 5.13 Å². The van der Waals surface area contributed by atoms with Crippen LogP contribution in [-0.2, 0) is 10.0 Å². The molecule has 8 heteroatoms. The molecule has 1 aromatic heterocycles. The minimum atomic E-state index is -3.32. The second-order valence-corrected chi connectivity index (χ2v) is 7.67. The Kier molecular flexibility index (Phi) is 5.38. The lowest BCUT2D eigenvalue weighted by molar-refractivity contribution is 0.262. The summed E-state index contributed by atoms with van der Waals surface area (Å²) >= 11 is 1.24. The van der Waals surface area contributed by atoms with Crippen molar-refractivity contribution in [2.24, 2.45) is 0 Å². The van der Waals surface area contributed by atoms with Gasteiger partial charge in [-0.1, -0.05) is 12.1 Å². The number of aromatic nitrogens is 1. The molecule has 0 amide bonds. The first-order valence-electron chi connectivity index (χ1n) is 6.65. The SMILES string of the molecule is CN(C)CCOc1ccccc1-c1csc(NS(C)(=O)=O)n1. The number of para-hydroxylation sites is 1. The van der Waals surface area contributed by atoms with Crippen LogP contribution in [0.3, 0.4) is 0 Å². The molecule has 22 heavy (non-hydrogen) atoms. The minimum Gasteiger partial charge on any atom is -0.492 e. The highest BCUT2D eigenvalue weighted by Gasteiger charge is 2.12.